The number of halogens is 1. The fraction of sp³-hybridized carbons (Fsp3) is 0.524. The minimum Gasteiger partial charge on any atom is -0.508 e. The van der Waals surface area contributed by atoms with Gasteiger partial charge in [-0.1, -0.05) is 25.1 Å². The van der Waals surface area contributed by atoms with Gasteiger partial charge in [0.2, 0.25) is 0 Å². The van der Waals surface area contributed by atoms with Crippen molar-refractivity contribution in [1.29, 1.82) is 0 Å². The molecule has 0 saturated heterocycles. The summed E-state index contributed by atoms with van der Waals surface area (Å²) in [5.74, 6) is 2.17. The molecule has 0 atom stereocenters. The standard InChI is InChI=1S/C21H30N4O2.HI/c1-4-22-21(23-12-16-11-19(14(2)3)25-27-16)24-13-18-17-8-6-5-7-15(17)9-10-20(18)26;/h9-11,14,26H,4-8,12-13H2,1-3H3,(H2,22,23,24);1H. The van der Waals surface area contributed by atoms with E-state index in [9.17, 15) is 5.11 Å². The summed E-state index contributed by atoms with van der Waals surface area (Å²) in [6.07, 6.45) is 4.51. The number of aliphatic imine (C=N–C) groups is 1. The summed E-state index contributed by atoms with van der Waals surface area (Å²) < 4.78 is 5.38. The van der Waals surface area contributed by atoms with Crippen LogP contribution in [0.4, 0.5) is 0 Å². The first-order chi connectivity index (χ1) is 13.1. The highest BCUT2D eigenvalue weighted by Gasteiger charge is 2.16. The van der Waals surface area contributed by atoms with Crippen LogP contribution in [0, 0.1) is 0 Å². The minimum atomic E-state index is 0. The summed E-state index contributed by atoms with van der Waals surface area (Å²) >= 11 is 0. The van der Waals surface area contributed by atoms with Crippen LogP contribution in [0.15, 0.2) is 27.7 Å². The first kappa shape index (κ1) is 22.5. The van der Waals surface area contributed by atoms with Crippen molar-refractivity contribution >= 4 is 29.9 Å². The summed E-state index contributed by atoms with van der Waals surface area (Å²) in [4.78, 5) is 4.68. The predicted molar refractivity (Wildman–Crippen MR) is 122 cm³/mol. The fourth-order valence-corrected chi connectivity index (χ4v) is 3.42. The van der Waals surface area contributed by atoms with Crippen molar-refractivity contribution in [3.8, 4) is 5.75 Å². The van der Waals surface area contributed by atoms with Crippen molar-refractivity contribution in [2.75, 3.05) is 6.54 Å². The SMILES string of the molecule is CCNC(=NCc1c(O)ccc2c1CCCC2)NCc1cc(C(C)C)no1.I. The van der Waals surface area contributed by atoms with Gasteiger partial charge in [0.05, 0.1) is 18.8 Å². The van der Waals surface area contributed by atoms with Gasteiger partial charge in [-0.05, 0) is 55.7 Å². The number of fused-ring (bicyclic) bond motifs is 1. The van der Waals surface area contributed by atoms with E-state index in [4.69, 9.17) is 4.52 Å². The largest absolute Gasteiger partial charge is 0.508 e. The second-order valence-corrected chi connectivity index (χ2v) is 7.33. The average Bonchev–Trinajstić information content (AvgIpc) is 3.14. The Balaban J connectivity index is 0.00000280. The molecule has 0 bridgehead atoms. The number of aromatic hydroxyl groups is 1. The number of aromatic nitrogens is 1. The smallest absolute Gasteiger partial charge is 0.191 e. The highest BCUT2D eigenvalue weighted by Crippen LogP contribution is 2.31. The van der Waals surface area contributed by atoms with Gasteiger partial charge in [-0.25, -0.2) is 4.99 Å². The summed E-state index contributed by atoms with van der Waals surface area (Å²) in [6.45, 7) is 7.95. The molecule has 1 aliphatic carbocycles. The molecule has 0 amide bonds. The van der Waals surface area contributed by atoms with Gasteiger partial charge in [-0.15, -0.1) is 24.0 Å². The van der Waals surface area contributed by atoms with Gasteiger partial charge in [0, 0.05) is 18.2 Å². The zero-order chi connectivity index (χ0) is 19.2. The minimum absolute atomic E-state index is 0. The second kappa shape index (κ2) is 10.7. The third-order valence-corrected chi connectivity index (χ3v) is 4.96. The lowest BCUT2D eigenvalue weighted by atomic mass is 9.88. The Labute approximate surface area is 184 Å². The van der Waals surface area contributed by atoms with Crippen molar-refractivity contribution in [3.63, 3.8) is 0 Å². The van der Waals surface area contributed by atoms with Crippen LogP contribution in [-0.2, 0) is 25.9 Å². The fourth-order valence-electron chi connectivity index (χ4n) is 3.42. The van der Waals surface area contributed by atoms with E-state index in [0.29, 0.717) is 30.7 Å². The van der Waals surface area contributed by atoms with E-state index >= 15 is 0 Å². The van der Waals surface area contributed by atoms with Crippen LogP contribution >= 0.6 is 24.0 Å². The lowest BCUT2D eigenvalue weighted by molar-refractivity contribution is 0.372. The molecule has 154 valence electrons. The summed E-state index contributed by atoms with van der Waals surface area (Å²) in [7, 11) is 0. The molecular weight excluding hydrogens is 467 g/mol. The number of aryl methyl sites for hydroxylation is 1. The molecular formula is C21H31IN4O2. The second-order valence-electron chi connectivity index (χ2n) is 7.33. The molecule has 0 spiro atoms. The Morgan fingerprint density at radius 3 is 2.75 bits per heavy atom. The Morgan fingerprint density at radius 2 is 2.04 bits per heavy atom. The first-order valence-electron chi connectivity index (χ1n) is 9.88. The van der Waals surface area contributed by atoms with Crippen LogP contribution < -0.4 is 10.6 Å². The van der Waals surface area contributed by atoms with Gasteiger partial charge < -0.3 is 20.3 Å². The normalized spacial score (nSPS) is 13.8. The molecule has 0 saturated carbocycles. The van der Waals surface area contributed by atoms with Crippen molar-refractivity contribution in [2.45, 2.75) is 65.5 Å². The van der Waals surface area contributed by atoms with Crippen molar-refractivity contribution in [3.05, 3.63) is 46.3 Å². The Bertz CT molecular complexity index is 802. The Hall–Kier alpha value is -1.77. The molecule has 1 heterocycles. The van der Waals surface area contributed by atoms with Gasteiger partial charge in [-0.2, -0.15) is 0 Å². The molecule has 28 heavy (non-hydrogen) atoms. The molecule has 0 fully saturated rings. The van der Waals surface area contributed by atoms with Crippen LogP contribution in [0.5, 0.6) is 5.75 Å². The molecule has 7 heteroatoms. The number of phenolic OH excluding ortho intramolecular Hbond substituents is 1. The summed E-state index contributed by atoms with van der Waals surface area (Å²) in [5, 5.41) is 21.0. The molecule has 0 unspecified atom stereocenters. The van der Waals surface area contributed by atoms with E-state index in [1.165, 1.54) is 24.0 Å². The first-order valence-corrected chi connectivity index (χ1v) is 9.88. The van der Waals surface area contributed by atoms with Gasteiger partial charge in [0.15, 0.2) is 11.7 Å². The van der Waals surface area contributed by atoms with Crippen LogP contribution in [-0.4, -0.2) is 22.8 Å². The zero-order valence-corrected chi connectivity index (χ0v) is 19.2. The van der Waals surface area contributed by atoms with Crippen molar-refractivity contribution in [1.82, 2.24) is 15.8 Å². The number of hydrogen-bond acceptors (Lipinski definition) is 4. The van der Waals surface area contributed by atoms with E-state index in [1.807, 2.05) is 13.0 Å². The molecule has 6 nitrogen and oxygen atoms in total. The highest BCUT2D eigenvalue weighted by atomic mass is 127. The van der Waals surface area contributed by atoms with E-state index < -0.39 is 0 Å². The summed E-state index contributed by atoms with van der Waals surface area (Å²) in [5.41, 5.74) is 4.53. The van der Waals surface area contributed by atoms with Gasteiger partial charge in [0.1, 0.15) is 5.75 Å². The van der Waals surface area contributed by atoms with Gasteiger partial charge in [-0.3, -0.25) is 0 Å². The van der Waals surface area contributed by atoms with E-state index in [-0.39, 0.29) is 24.0 Å². The van der Waals surface area contributed by atoms with Gasteiger partial charge in [0.25, 0.3) is 0 Å². The monoisotopic (exact) mass is 498 g/mol. The molecule has 0 aliphatic heterocycles. The quantitative estimate of drug-likeness (QED) is 0.315. The lowest BCUT2D eigenvalue weighted by Crippen LogP contribution is -2.36. The zero-order valence-electron chi connectivity index (χ0n) is 16.9. The number of hydrogen-bond donors (Lipinski definition) is 3. The van der Waals surface area contributed by atoms with E-state index in [2.05, 4.69) is 40.7 Å². The number of benzene rings is 1. The topological polar surface area (TPSA) is 82.7 Å². The number of guanidine groups is 1. The average molecular weight is 498 g/mol. The van der Waals surface area contributed by atoms with Crippen LogP contribution in [0.25, 0.3) is 0 Å². The van der Waals surface area contributed by atoms with Crippen molar-refractivity contribution in [2.24, 2.45) is 4.99 Å². The molecule has 3 rings (SSSR count). The molecule has 2 aromatic rings. The van der Waals surface area contributed by atoms with Crippen LogP contribution in [0.3, 0.4) is 0 Å². The molecule has 1 aromatic carbocycles. The van der Waals surface area contributed by atoms with E-state index in [0.717, 1.165) is 36.4 Å². The molecule has 1 aliphatic rings. The third-order valence-electron chi connectivity index (χ3n) is 4.96. The van der Waals surface area contributed by atoms with Crippen LogP contribution in [0.2, 0.25) is 0 Å². The maximum Gasteiger partial charge on any atom is 0.191 e. The number of phenols is 1. The number of rotatable bonds is 6. The molecule has 3 N–H and O–H groups in total. The highest BCUT2D eigenvalue weighted by molar-refractivity contribution is 14.0. The summed E-state index contributed by atoms with van der Waals surface area (Å²) in [6, 6.07) is 5.83. The van der Waals surface area contributed by atoms with E-state index in [1.54, 1.807) is 6.07 Å². The third kappa shape index (κ3) is 5.62. The Kier molecular flexibility index (Phi) is 8.59. The Morgan fingerprint density at radius 1 is 1.25 bits per heavy atom. The van der Waals surface area contributed by atoms with Crippen molar-refractivity contribution < 1.29 is 9.63 Å². The number of nitrogens with zero attached hydrogens (tertiary/aromatic N) is 2. The van der Waals surface area contributed by atoms with Gasteiger partial charge >= 0.3 is 0 Å². The lowest BCUT2D eigenvalue weighted by Gasteiger charge is -2.20. The number of nitrogens with one attached hydrogen (secondary N) is 2. The maximum atomic E-state index is 10.3. The maximum absolute atomic E-state index is 10.3. The predicted octanol–water partition coefficient (Wildman–Crippen LogP) is 4.26. The molecule has 1 aromatic heterocycles. The van der Waals surface area contributed by atoms with Crippen LogP contribution in [0.1, 0.15) is 67.7 Å². The molecule has 0 radical (unpaired) electrons.